The van der Waals surface area contributed by atoms with Crippen LogP contribution >= 0.6 is 0 Å². The minimum Gasteiger partial charge on any atom is -0.383 e. The molecule has 0 radical (unpaired) electrons. The molecule has 2 fully saturated rings. The van der Waals surface area contributed by atoms with E-state index in [2.05, 4.69) is 32.5 Å². The molecule has 8 nitrogen and oxygen atoms in total. The van der Waals surface area contributed by atoms with E-state index in [1.165, 1.54) is 6.42 Å². The van der Waals surface area contributed by atoms with Gasteiger partial charge < -0.3 is 21.3 Å². The molecule has 2 amide bonds. The third-order valence-electron chi connectivity index (χ3n) is 6.89. The Morgan fingerprint density at radius 3 is 2.41 bits per heavy atom. The van der Waals surface area contributed by atoms with E-state index in [0.717, 1.165) is 69.5 Å². The number of hydrogen-bond acceptors (Lipinski definition) is 6. The standard InChI is InChI=1S/C26H36N6O2/c1-31-13-15-32(16-14-31)12-11-28-25(33)20-9-7-19(8-10-20)21-17-23(24(27)29-18-21)26(34)30-22-5-3-2-4-6-22/h7-10,17-18,22H,2-6,11-16H2,1H3,(H2,27,29)(H,28,33)(H,30,34). The summed E-state index contributed by atoms with van der Waals surface area (Å²) >= 11 is 0. The topological polar surface area (TPSA) is 104 Å². The maximum absolute atomic E-state index is 12.8. The summed E-state index contributed by atoms with van der Waals surface area (Å²) in [6.07, 6.45) is 7.21. The van der Waals surface area contributed by atoms with E-state index < -0.39 is 0 Å². The van der Waals surface area contributed by atoms with E-state index in [9.17, 15) is 9.59 Å². The molecular weight excluding hydrogens is 428 g/mol. The van der Waals surface area contributed by atoms with Crippen molar-refractivity contribution in [3.05, 3.63) is 47.7 Å². The van der Waals surface area contributed by atoms with Crippen LogP contribution in [0.5, 0.6) is 0 Å². The number of nitrogens with one attached hydrogen (secondary N) is 2. The average Bonchev–Trinajstić information content (AvgIpc) is 2.86. The number of carbonyl (C=O) groups excluding carboxylic acids is 2. The first-order valence-electron chi connectivity index (χ1n) is 12.4. The van der Waals surface area contributed by atoms with Crippen molar-refractivity contribution >= 4 is 17.6 Å². The summed E-state index contributed by atoms with van der Waals surface area (Å²) in [5, 5.41) is 6.12. The summed E-state index contributed by atoms with van der Waals surface area (Å²) in [4.78, 5) is 34.3. The van der Waals surface area contributed by atoms with E-state index in [-0.39, 0.29) is 23.7 Å². The first kappa shape index (κ1) is 24.2. The summed E-state index contributed by atoms with van der Waals surface area (Å²) in [6, 6.07) is 9.36. The largest absolute Gasteiger partial charge is 0.383 e. The van der Waals surface area contributed by atoms with E-state index in [4.69, 9.17) is 5.73 Å². The number of nitrogens with two attached hydrogens (primary N) is 1. The molecule has 1 saturated heterocycles. The van der Waals surface area contributed by atoms with Crippen LogP contribution < -0.4 is 16.4 Å². The first-order chi connectivity index (χ1) is 16.5. The number of pyridine rings is 1. The maximum Gasteiger partial charge on any atom is 0.255 e. The Morgan fingerprint density at radius 2 is 1.71 bits per heavy atom. The van der Waals surface area contributed by atoms with Gasteiger partial charge in [0.15, 0.2) is 0 Å². The molecular formula is C26H36N6O2. The highest BCUT2D eigenvalue weighted by Gasteiger charge is 2.19. The SMILES string of the molecule is CN1CCN(CCNC(=O)c2ccc(-c3cnc(N)c(C(=O)NC4CCCCC4)c3)cc2)CC1. The second kappa shape index (κ2) is 11.4. The molecule has 1 aliphatic carbocycles. The Labute approximate surface area is 201 Å². The van der Waals surface area contributed by atoms with Gasteiger partial charge in [0.25, 0.3) is 11.8 Å². The van der Waals surface area contributed by atoms with Gasteiger partial charge in [-0.1, -0.05) is 31.4 Å². The molecule has 182 valence electrons. The van der Waals surface area contributed by atoms with Crippen LogP contribution in [-0.2, 0) is 0 Å². The fourth-order valence-corrected chi connectivity index (χ4v) is 4.64. The van der Waals surface area contributed by atoms with E-state index in [1.54, 1.807) is 24.4 Å². The van der Waals surface area contributed by atoms with Crippen LogP contribution in [0.15, 0.2) is 36.5 Å². The van der Waals surface area contributed by atoms with Crippen LogP contribution in [0.2, 0.25) is 0 Å². The van der Waals surface area contributed by atoms with Crippen LogP contribution in [0.1, 0.15) is 52.8 Å². The number of carbonyl (C=O) groups is 2. The molecule has 1 aromatic heterocycles. The summed E-state index contributed by atoms with van der Waals surface area (Å²) in [5.74, 6) is -0.0211. The molecule has 2 aromatic rings. The zero-order chi connectivity index (χ0) is 23.9. The molecule has 1 aromatic carbocycles. The predicted octanol–water partition coefficient (Wildman–Crippen LogP) is 2.37. The number of aromatic nitrogens is 1. The van der Waals surface area contributed by atoms with Gasteiger partial charge in [0, 0.05) is 62.6 Å². The summed E-state index contributed by atoms with van der Waals surface area (Å²) in [5.41, 5.74) is 8.70. The van der Waals surface area contributed by atoms with Crippen LogP contribution in [0.4, 0.5) is 5.82 Å². The van der Waals surface area contributed by atoms with Gasteiger partial charge in [0.2, 0.25) is 0 Å². The number of likely N-dealkylation sites (N-methyl/N-ethyl adjacent to an activating group) is 1. The lowest BCUT2D eigenvalue weighted by Gasteiger charge is -2.32. The Bertz CT molecular complexity index is 979. The Morgan fingerprint density at radius 1 is 1.00 bits per heavy atom. The van der Waals surface area contributed by atoms with E-state index in [1.807, 2.05) is 12.1 Å². The third kappa shape index (κ3) is 6.33. The Hall–Kier alpha value is -2.97. The molecule has 8 heteroatoms. The average molecular weight is 465 g/mol. The van der Waals surface area contributed by atoms with E-state index in [0.29, 0.717) is 17.7 Å². The van der Waals surface area contributed by atoms with Crippen LogP contribution in [0, 0.1) is 0 Å². The number of rotatable bonds is 7. The molecule has 4 N–H and O–H groups in total. The molecule has 0 bridgehead atoms. The van der Waals surface area contributed by atoms with Crippen molar-refractivity contribution in [3.63, 3.8) is 0 Å². The molecule has 2 aliphatic rings. The number of benzene rings is 1. The summed E-state index contributed by atoms with van der Waals surface area (Å²) in [6.45, 7) is 5.71. The number of piperazine rings is 1. The van der Waals surface area contributed by atoms with Gasteiger partial charge in [-0.25, -0.2) is 4.98 Å². The number of anilines is 1. The Balaban J connectivity index is 1.34. The molecule has 1 aliphatic heterocycles. The monoisotopic (exact) mass is 464 g/mol. The maximum atomic E-state index is 12.8. The lowest BCUT2D eigenvalue weighted by Crippen LogP contribution is -2.46. The molecule has 2 heterocycles. The second-order valence-corrected chi connectivity index (χ2v) is 9.44. The number of nitrogens with zero attached hydrogens (tertiary/aromatic N) is 3. The van der Waals surface area contributed by atoms with Gasteiger partial charge in [-0.2, -0.15) is 0 Å². The fraction of sp³-hybridized carbons (Fsp3) is 0.500. The molecule has 34 heavy (non-hydrogen) atoms. The summed E-state index contributed by atoms with van der Waals surface area (Å²) in [7, 11) is 2.14. The van der Waals surface area contributed by atoms with Crippen molar-refractivity contribution in [2.24, 2.45) is 0 Å². The van der Waals surface area contributed by atoms with Crippen LogP contribution in [0.3, 0.4) is 0 Å². The molecule has 1 saturated carbocycles. The number of amides is 2. The lowest BCUT2D eigenvalue weighted by atomic mass is 9.95. The quantitative estimate of drug-likeness (QED) is 0.581. The molecule has 0 spiro atoms. The second-order valence-electron chi connectivity index (χ2n) is 9.44. The van der Waals surface area contributed by atoms with Crippen LogP contribution in [0.25, 0.3) is 11.1 Å². The zero-order valence-electron chi connectivity index (χ0n) is 20.1. The lowest BCUT2D eigenvalue weighted by molar-refractivity contribution is 0.0924. The van der Waals surface area contributed by atoms with Crippen molar-refractivity contribution in [2.75, 3.05) is 52.0 Å². The zero-order valence-corrected chi connectivity index (χ0v) is 20.1. The van der Waals surface area contributed by atoms with E-state index >= 15 is 0 Å². The van der Waals surface area contributed by atoms with Gasteiger partial charge in [0.05, 0.1) is 5.56 Å². The van der Waals surface area contributed by atoms with Crippen molar-refractivity contribution in [1.82, 2.24) is 25.4 Å². The molecule has 4 rings (SSSR count). The smallest absolute Gasteiger partial charge is 0.255 e. The van der Waals surface area contributed by atoms with Crippen molar-refractivity contribution in [2.45, 2.75) is 38.1 Å². The first-order valence-corrected chi connectivity index (χ1v) is 12.4. The van der Waals surface area contributed by atoms with Crippen molar-refractivity contribution < 1.29 is 9.59 Å². The number of hydrogen-bond donors (Lipinski definition) is 3. The van der Waals surface area contributed by atoms with Gasteiger partial charge in [-0.05, 0) is 43.7 Å². The van der Waals surface area contributed by atoms with Gasteiger partial charge >= 0.3 is 0 Å². The van der Waals surface area contributed by atoms with Gasteiger partial charge in [-0.3, -0.25) is 14.5 Å². The highest BCUT2D eigenvalue weighted by atomic mass is 16.2. The molecule has 0 atom stereocenters. The highest BCUT2D eigenvalue weighted by Crippen LogP contribution is 2.24. The third-order valence-corrected chi connectivity index (χ3v) is 6.89. The minimum absolute atomic E-state index is 0.0799. The summed E-state index contributed by atoms with van der Waals surface area (Å²) < 4.78 is 0. The van der Waals surface area contributed by atoms with Gasteiger partial charge in [0.1, 0.15) is 5.82 Å². The van der Waals surface area contributed by atoms with Crippen LogP contribution in [-0.4, -0.2) is 79.0 Å². The van der Waals surface area contributed by atoms with Gasteiger partial charge in [-0.15, -0.1) is 0 Å². The number of nitrogen functional groups attached to an aromatic ring is 1. The van der Waals surface area contributed by atoms with Crippen molar-refractivity contribution in [3.8, 4) is 11.1 Å². The highest BCUT2D eigenvalue weighted by molar-refractivity contribution is 5.99. The minimum atomic E-state index is -0.171. The normalized spacial score (nSPS) is 17.9. The van der Waals surface area contributed by atoms with Crippen molar-refractivity contribution in [1.29, 1.82) is 0 Å². The Kier molecular flexibility index (Phi) is 8.13. The fourth-order valence-electron chi connectivity index (χ4n) is 4.64. The predicted molar refractivity (Wildman–Crippen MR) is 135 cm³/mol. The molecule has 0 unspecified atom stereocenters.